The Labute approximate surface area is 140 Å². The van der Waals surface area contributed by atoms with Crippen LogP contribution in [0.1, 0.15) is 33.6 Å². The van der Waals surface area contributed by atoms with E-state index in [1.54, 1.807) is 0 Å². The highest BCUT2D eigenvalue weighted by atomic mass is 14.9. The van der Waals surface area contributed by atoms with Crippen molar-refractivity contribution in [2.45, 2.75) is 39.7 Å². The molecule has 3 saturated carbocycles. The van der Waals surface area contributed by atoms with Gasteiger partial charge in [-0.1, -0.05) is 63.2 Å². The van der Waals surface area contributed by atoms with Gasteiger partial charge in [0.1, 0.15) is 0 Å². The molecule has 2 aromatic carbocycles. The Morgan fingerprint density at radius 3 is 2.35 bits per heavy atom. The molecular formula is C22H27N. The molecule has 3 aliphatic carbocycles. The lowest BCUT2D eigenvalue weighted by atomic mass is 9.45. The first kappa shape index (κ1) is 14.8. The van der Waals surface area contributed by atoms with Gasteiger partial charge in [-0.2, -0.15) is 0 Å². The molecule has 1 nitrogen and oxygen atoms in total. The summed E-state index contributed by atoms with van der Waals surface area (Å²) in [6, 6.07) is 20.1. The summed E-state index contributed by atoms with van der Waals surface area (Å²) in [6.07, 6.45) is 2.76. The first-order valence-electron chi connectivity index (χ1n) is 8.98. The minimum atomic E-state index is 0.559. The van der Waals surface area contributed by atoms with Crippen molar-refractivity contribution in [3.8, 4) is 11.1 Å². The van der Waals surface area contributed by atoms with Crippen LogP contribution in [0.15, 0.2) is 54.6 Å². The summed E-state index contributed by atoms with van der Waals surface area (Å²) in [5.74, 6) is 2.55. The van der Waals surface area contributed by atoms with Crippen molar-refractivity contribution in [1.82, 2.24) is 0 Å². The van der Waals surface area contributed by atoms with E-state index in [1.165, 1.54) is 29.7 Å². The van der Waals surface area contributed by atoms with E-state index in [1.807, 2.05) is 0 Å². The molecule has 0 aliphatic heterocycles. The molecular weight excluding hydrogens is 278 g/mol. The Morgan fingerprint density at radius 1 is 0.913 bits per heavy atom. The molecule has 0 aromatic heterocycles. The van der Waals surface area contributed by atoms with Crippen LogP contribution >= 0.6 is 0 Å². The van der Waals surface area contributed by atoms with E-state index in [4.69, 9.17) is 0 Å². The third kappa shape index (κ3) is 2.47. The Balaban J connectivity index is 1.52. The van der Waals surface area contributed by atoms with Crippen molar-refractivity contribution in [1.29, 1.82) is 0 Å². The topological polar surface area (TPSA) is 12.0 Å². The van der Waals surface area contributed by atoms with Gasteiger partial charge in [0.2, 0.25) is 0 Å². The molecule has 1 N–H and O–H groups in total. The van der Waals surface area contributed by atoms with Crippen LogP contribution in [0, 0.1) is 23.2 Å². The van der Waals surface area contributed by atoms with Gasteiger partial charge in [-0.15, -0.1) is 0 Å². The summed E-state index contributed by atoms with van der Waals surface area (Å²) in [5, 5.41) is 3.84. The molecule has 0 radical (unpaired) electrons. The summed E-state index contributed by atoms with van der Waals surface area (Å²) in [6.45, 7) is 7.38. The smallest absolute Gasteiger partial charge is 0.0348 e. The molecule has 3 fully saturated rings. The third-order valence-corrected chi connectivity index (χ3v) is 6.68. The number of rotatable bonds is 3. The second kappa shape index (κ2) is 5.40. The molecule has 4 atom stereocenters. The van der Waals surface area contributed by atoms with Crippen molar-refractivity contribution < 1.29 is 0 Å². The van der Waals surface area contributed by atoms with Crippen LogP contribution < -0.4 is 5.32 Å². The van der Waals surface area contributed by atoms with Crippen molar-refractivity contribution in [2.24, 2.45) is 23.2 Å². The van der Waals surface area contributed by atoms with Crippen LogP contribution in [-0.4, -0.2) is 6.04 Å². The highest BCUT2D eigenvalue weighted by molar-refractivity contribution is 5.68. The van der Waals surface area contributed by atoms with Crippen LogP contribution in [0.3, 0.4) is 0 Å². The van der Waals surface area contributed by atoms with E-state index in [0.29, 0.717) is 11.5 Å². The zero-order chi connectivity index (χ0) is 16.0. The molecule has 3 aliphatic rings. The van der Waals surface area contributed by atoms with Crippen LogP contribution in [0.25, 0.3) is 11.1 Å². The highest BCUT2D eigenvalue weighted by Gasteiger charge is 2.56. The first-order chi connectivity index (χ1) is 11.1. The van der Waals surface area contributed by atoms with Gasteiger partial charge in [-0.05, 0) is 59.3 Å². The summed E-state index contributed by atoms with van der Waals surface area (Å²) < 4.78 is 0. The lowest BCUT2D eigenvalue weighted by molar-refractivity contribution is -0.105. The maximum absolute atomic E-state index is 3.84. The van der Waals surface area contributed by atoms with Gasteiger partial charge in [0.25, 0.3) is 0 Å². The molecule has 0 saturated heterocycles. The van der Waals surface area contributed by atoms with E-state index in [0.717, 1.165) is 17.8 Å². The second-order valence-corrected chi connectivity index (χ2v) is 8.15. The van der Waals surface area contributed by atoms with Gasteiger partial charge < -0.3 is 5.32 Å². The summed E-state index contributed by atoms with van der Waals surface area (Å²) >= 11 is 0. The quantitative estimate of drug-likeness (QED) is 0.751. The third-order valence-electron chi connectivity index (χ3n) is 6.68. The predicted octanol–water partition coefficient (Wildman–Crippen LogP) is 5.84. The monoisotopic (exact) mass is 305 g/mol. The molecule has 23 heavy (non-hydrogen) atoms. The van der Waals surface area contributed by atoms with E-state index >= 15 is 0 Å². The Hall–Kier alpha value is -1.76. The molecule has 0 amide bonds. The van der Waals surface area contributed by atoms with Crippen molar-refractivity contribution in [3.05, 3.63) is 54.6 Å². The maximum atomic E-state index is 3.84. The van der Waals surface area contributed by atoms with Gasteiger partial charge in [0.15, 0.2) is 0 Å². The van der Waals surface area contributed by atoms with E-state index < -0.39 is 0 Å². The van der Waals surface area contributed by atoms with Gasteiger partial charge >= 0.3 is 0 Å². The maximum Gasteiger partial charge on any atom is 0.0348 e. The molecule has 1 heteroatoms. The lowest BCUT2D eigenvalue weighted by Gasteiger charge is -2.62. The number of anilines is 1. The van der Waals surface area contributed by atoms with Gasteiger partial charge in [-0.3, -0.25) is 0 Å². The Bertz CT molecular complexity index is 688. The SMILES string of the molecule is C[C@@H]1[C@@H](Nc2cccc(-c3ccccc3)c2)C[C@H]2C[C@@H]1C2(C)C. The van der Waals surface area contributed by atoms with Crippen molar-refractivity contribution >= 4 is 5.69 Å². The molecule has 0 heterocycles. The largest absolute Gasteiger partial charge is 0.382 e. The van der Waals surface area contributed by atoms with Crippen LogP contribution in [0.4, 0.5) is 5.69 Å². The summed E-state index contributed by atoms with van der Waals surface area (Å²) in [7, 11) is 0. The number of fused-ring (bicyclic) bond motifs is 2. The molecule has 2 aromatic rings. The first-order valence-corrected chi connectivity index (χ1v) is 8.98. The average molecular weight is 305 g/mol. The van der Waals surface area contributed by atoms with E-state index in [9.17, 15) is 0 Å². The Morgan fingerprint density at radius 2 is 1.65 bits per heavy atom. The number of benzene rings is 2. The summed E-state index contributed by atoms with van der Waals surface area (Å²) in [4.78, 5) is 0. The average Bonchev–Trinajstić information content (AvgIpc) is 2.57. The van der Waals surface area contributed by atoms with Crippen LogP contribution in [0.5, 0.6) is 0 Å². The molecule has 0 unspecified atom stereocenters. The minimum absolute atomic E-state index is 0.559. The normalized spacial score (nSPS) is 31.3. The minimum Gasteiger partial charge on any atom is -0.382 e. The standard InChI is InChI=1S/C22H27N/c1-15-20-13-18(22(20,2)3)14-21(15)23-19-11-7-10-17(12-19)16-8-5-4-6-9-16/h4-12,15,18,20-21,23H,13-14H2,1-3H3/t15-,18+,20-,21-/m0/s1. The van der Waals surface area contributed by atoms with Crippen molar-refractivity contribution in [2.75, 3.05) is 5.32 Å². The van der Waals surface area contributed by atoms with Gasteiger partial charge in [0, 0.05) is 11.7 Å². The van der Waals surface area contributed by atoms with Crippen LogP contribution in [-0.2, 0) is 0 Å². The molecule has 2 bridgehead atoms. The fourth-order valence-electron chi connectivity index (χ4n) is 4.97. The second-order valence-electron chi connectivity index (χ2n) is 8.15. The van der Waals surface area contributed by atoms with Gasteiger partial charge in [-0.25, -0.2) is 0 Å². The van der Waals surface area contributed by atoms with E-state index in [-0.39, 0.29) is 0 Å². The zero-order valence-electron chi connectivity index (χ0n) is 14.4. The Kier molecular flexibility index (Phi) is 3.48. The zero-order valence-corrected chi connectivity index (χ0v) is 14.4. The number of nitrogens with one attached hydrogen (secondary N) is 1. The number of hydrogen-bond donors (Lipinski definition) is 1. The molecule has 5 rings (SSSR count). The fourth-order valence-corrected chi connectivity index (χ4v) is 4.97. The van der Waals surface area contributed by atoms with Crippen LogP contribution in [0.2, 0.25) is 0 Å². The van der Waals surface area contributed by atoms with E-state index in [2.05, 4.69) is 80.7 Å². The molecule has 120 valence electrons. The fraction of sp³-hybridized carbons (Fsp3) is 0.455. The number of hydrogen-bond acceptors (Lipinski definition) is 1. The molecule has 0 spiro atoms. The summed E-state index contributed by atoms with van der Waals surface area (Å²) in [5.41, 5.74) is 4.41. The highest BCUT2D eigenvalue weighted by Crippen LogP contribution is 2.61. The van der Waals surface area contributed by atoms with Gasteiger partial charge in [0.05, 0.1) is 0 Å². The van der Waals surface area contributed by atoms with Crippen molar-refractivity contribution in [3.63, 3.8) is 0 Å². The predicted molar refractivity (Wildman–Crippen MR) is 98.4 cm³/mol. The lowest BCUT2D eigenvalue weighted by Crippen LogP contribution is -2.58.